The van der Waals surface area contributed by atoms with E-state index in [2.05, 4.69) is 0 Å². The van der Waals surface area contributed by atoms with Crippen LogP contribution in [-0.4, -0.2) is 36.8 Å². The Morgan fingerprint density at radius 3 is 2.24 bits per heavy atom. The van der Waals surface area contributed by atoms with Gasteiger partial charge in [0.05, 0.1) is 17.2 Å². The van der Waals surface area contributed by atoms with Gasteiger partial charge in [-0.15, -0.1) is 0 Å². The summed E-state index contributed by atoms with van der Waals surface area (Å²) in [7, 11) is 1.60. The van der Waals surface area contributed by atoms with Crippen LogP contribution in [0.15, 0.2) is 18.2 Å². The highest BCUT2D eigenvalue weighted by Gasteiger charge is 2.24. The summed E-state index contributed by atoms with van der Waals surface area (Å²) in [6.07, 6.45) is 2.40. The molecule has 6 heteroatoms. The number of benzene rings is 1. The van der Waals surface area contributed by atoms with E-state index in [1.54, 1.807) is 24.1 Å². The van der Waals surface area contributed by atoms with Gasteiger partial charge in [0.1, 0.15) is 11.4 Å². The van der Waals surface area contributed by atoms with Crippen molar-refractivity contribution in [3.63, 3.8) is 0 Å². The largest absolute Gasteiger partial charge is 0.496 e. The quantitative estimate of drug-likeness (QED) is 0.619. The SMILES string of the molecule is CC.COc1cc(Cl)c(Cl)cc1C1=CCN(C(=O)OC(C)(C)C)CC1. The highest BCUT2D eigenvalue weighted by molar-refractivity contribution is 6.42. The number of carbonyl (C=O) groups is 1. The number of halogens is 2. The van der Waals surface area contributed by atoms with Crippen molar-refractivity contribution >= 4 is 34.9 Å². The number of ether oxygens (including phenoxy) is 2. The molecule has 1 aliphatic heterocycles. The van der Waals surface area contributed by atoms with Crippen molar-refractivity contribution in [1.82, 2.24) is 4.90 Å². The highest BCUT2D eigenvalue weighted by Crippen LogP contribution is 2.36. The molecule has 0 N–H and O–H groups in total. The molecule has 1 aromatic rings. The number of nitrogens with zero attached hydrogens (tertiary/aromatic N) is 1. The molecule has 0 fully saturated rings. The minimum Gasteiger partial charge on any atom is -0.496 e. The zero-order chi connectivity index (χ0) is 19.2. The molecule has 0 aromatic heterocycles. The van der Waals surface area contributed by atoms with Crippen LogP contribution in [0.3, 0.4) is 0 Å². The number of methoxy groups -OCH3 is 1. The van der Waals surface area contributed by atoms with E-state index >= 15 is 0 Å². The van der Waals surface area contributed by atoms with Crippen molar-refractivity contribution in [2.75, 3.05) is 20.2 Å². The number of amides is 1. The van der Waals surface area contributed by atoms with Gasteiger partial charge in [-0.2, -0.15) is 0 Å². The molecule has 0 saturated carbocycles. The van der Waals surface area contributed by atoms with Gasteiger partial charge in [0.15, 0.2) is 0 Å². The Morgan fingerprint density at radius 1 is 1.16 bits per heavy atom. The van der Waals surface area contributed by atoms with Gasteiger partial charge in [-0.25, -0.2) is 4.79 Å². The predicted octanol–water partition coefficient (Wildman–Crippen LogP) is 6.05. The van der Waals surface area contributed by atoms with Crippen LogP contribution in [-0.2, 0) is 4.74 Å². The Labute approximate surface area is 160 Å². The van der Waals surface area contributed by atoms with E-state index in [0.29, 0.717) is 35.3 Å². The van der Waals surface area contributed by atoms with Crippen molar-refractivity contribution in [3.8, 4) is 5.75 Å². The topological polar surface area (TPSA) is 38.8 Å². The Balaban J connectivity index is 0.00000151. The van der Waals surface area contributed by atoms with Gasteiger partial charge in [-0.1, -0.05) is 43.1 Å². The lowest BCUT2D eigenvalue weighted by Gasteiger charge is -2.30. The molecule has 0 spiro atoms. The van der Waals surface area contributed by atoms with Gasteiger partial charge in [0, 0.05) is 24.7 Å². The summed E-state index contributed by atoms with van der Waals surface area (Å²) in [6, 6.07) is 3.51. The third kappa shape index (κ3) is 6.12. The fourth-order valence-electron chi connectivity index (χ4n) is 2.35. The lowest BCUT2D eigenvalue weighted by molar-refractivity contribution is 0.0270. The van der Waals surface area contributed by atoms with Crippen LogP contribution in [0.4, 0.5) is 4.79 Å². The van der Waals surface area contributed by atoms with Gasteiger partial charge < -0.3 is 14.4 Å². The monoisotopic (exact) mass is 387 g/mol. The van der Waals surface area contributed by atoms with Crippen molar-refractivity contribution < 1.29 is 14.3 Å². The van der Waals surface area contributed by atoms with E-state index in [9.17, 15) is 4.79 Å². The molecule has 0 unspecified atom stereocenters. The summed E-state index contributed by atoms with van der Waals surface area (Å²) in [5.74, 6) is 0.677. The average molecular weight is 388 g/mol. The van der Waals surface area contributed by atoms with E-state index in [1.165, 1.54) is 0 Å². The maximum Gasteiger partial charge on any atom is 0.410 e. The molecule has 1 aromatic carbocycles. The molecule has 4 nitrogen and oxygen atoms in total. The summed E-state index contributed by atoms with van der Waals surface area (Å²) in [6.45, 7) is 10.7. The summed E-state index contributed by atoms with van der Waals surface area (Å²) < 4.78 is 10.8. The summed E-state index contributed by atoms with van der Waals surface area (Å²) >= 11 is 12.1. The minimum atomic E-state index is -0.492. The molecular formula is C19H27Cl2NO3. The lowest BCUT2D eigenvalue weighted by Crippen LogP contribution is -2.39. The molecule has 1 heterocycles. The third-order valence-electron chi connectivity index (χ3n) is 3.45. The second kappa shape index (κ2) is 9.35. The molecule has 1 aliphatic rings. The van der Waals surface area contributed by atoms with Gasteiger partial charge in [-0.3, -0.25) is 0 Å². The molecule has 0 radical (unpaired) electrons. The lowest BCUT2D eigenvalue weighted by atomic mass is 9.98. The fourth-order valence-corrected chi connectivity index (χ4v) is 2.67. The second-order valence-electron chi connectivity index (χ2n) is 6.37. The molecule has 0 saturated heterocycles. The summed E-state index contributed by atoms with van der Waals surface area (Å²) in [4.78, 5) is 13.8. The van der Waals surface area contributed by atoms with E-state index in [4.69, 9.17) is 32.7 Å². The third-order valence-corrected chi connectivity index (χ3v) is 4.17. The van der Waals surface area contributed by atoms with Crippen LogP contribution >= 0.6 is 23.2 Å². The Kier molecular flexibility index (Phi) is 8.10. The average Bonchev–Trinajstić information content (AvgIpc) is 2.57. The van der Waals surface area contributed by atoms with Crippen LogP contribution in [0.2, 0.25) is 10.0 Å². The summed E-state index contributed by atoms with van der Waals surface area (Å²) in [5.41, 5.74) is 1.50. The smallest absolute Gasteiger partial charge is 0.410 e. The highest BCUT2D eigenvalue weighted by atomic mass is 35.5. The fraction of sp³-hybridized carbons (Fsp3) is 0.526. The molecule has 0 aliphatic carbocycles. The van der Waals surface area contributed by atoms with Crippen molar-refractivity contribution in [2.24, 2.45) is 0 Å². The standard InChI is InChI=1S/C17H21Cl2NO3.C2H6/c1-17(2,3)23-16(21)20-7-5-11(6-8-20)12-9-13(18)14(19)10-15(12)22-4;1-2/h5,9-10H,6-8H2,1-4H3;1-2H3. The molecule has 1 amide bonds. The Morgan fingerprint density at radius 2 is 1.76 bits per heavy atom. The Hall–Kier alpha value is -1.39. The maximum atomic E-state index is 12.1. The van der Waals surface area contributed by atoms with Gasteiger partial charge in [0.25, 0.3) is 0 Å². The summed E-state index contributed by atoms with van der Waals surface area (Å²) in [5, 5.41) is 0.942. The first-order chi connectivity index (χ1) is 11.7. The first kappa shape index (κ1) is 21.7. The van der Waals surface area contributed by atoms with Crippen molar-refractivity contribution in [3.05, 3.63) is 33.8 Å². The molecule has 0 bridgehead atoms. The zero-order valence-electron chi connectivity index (χ0n) is 15.8. The molecule has 2 rings (SSSR count). The minimum absolute atomic E-state index is 0.297. The van der Waals surface area contributed by atoms with Crippen LogP contribution in [0.1, 0.15) is 46.6 Å². The Bertz CT molecular complexity index is 636. The zero-order valence-corrected chi connectivity index (χ0v) is 17.3. The van der Waals surface area contributed by atoms with Crippen LogP contribution in [0.5, 0.6) is 5.75 Å². The number of rotatable bonds is 2. The first-order valence-electron chi connectivity index (χ1n) is 8.41. The van der Waals surface area contributed by atoms with Gasteiger partial charge in [-0.05, 0) is 38.8 Å². The van der Waals surface area contributed by atoms with Gasteiger partial charge >= 0.3 is 6.09 Å². The van der Waals surface area contributed by atoms with E-state index < -0.39 is 5.60 Å². The number of hydrogen-bond donors (Lipinski definition) is 0. The van der Waals surface area contributed by atoms with E-state index in [0.717, 1.165) is 11.1 Å². The van der Waals surface area contributed by atoms with Gasteiger partial charge in [0.2, 0.25) is 0 Å². The molecule has 0 atom stereocenters. The predicted molar refractivity (Wildman–Crippen MR) is 105 cm³/mol. The van der Waals surface area contributed by atoms with Crippen LogP contribution in [0, 0.1) is 0 Å². The normalized spacial score (nSPS) is 14.2. The molecule has 25 heavy (non-hydrogen) atoms. The van der Waals surface area contributed by atoms with E-state index in [1.807, 2.05) is 40.7 Å². The van der Waals surface area contributed by atoms with Crippen LogP contribution < -0.4 is 4.74 Å². The van der Waals surface area contributed by atoms with Crippen molar-refractivity contribution in [1.29, 1.82) is 0 Å². The number of hydrogen-bond acceptors (Lipinski definition) is 3. The maximum absolute atomic E-state index is 12.1. The number of carbonyl (C=O) groups excluding carboxylic acids is 1. The second-order valence-corrected chi connectivity index (χ2v) is 7.19. The molecule has 140 valence electrons. The van der Waals surface area contributed by atoms with Crippen LogP contribution in [0.25, 0.3) is 5.57 Å². The van der Waals surface area contributed by atoms with Crippen molar-refractivity contribution in [2.45, 2.75) is 46.6 Å². The first-order valence-corrected chi connectivity index (χ1v) is 9.17. The van der Waals surface area contributed by atoms with E-state index in [-0.39, 0.29) is 6.09 Å². The molecular weight excluding hydrogens is 361 g/mol.